The van der Waals surface area contributed by atoms with Gasteiger partial charge in [-0.05, 0) is 18.1 Å². The van der Waals surface area contributed by atoms with Crippen LogP contribution in [-0.2, 0) is 13.0 Å². The summed E-state index contributed by atoms with van der Waals surface area (Å²) in [6, 6.07) is 1.68. The number of pyridine rings is 1. The van der Waals surface area contributed by atoms with Gasteiger partial charge in [-0.1, -0.05) is 6.92 Å². The summed E-state index contributed by atoms with van der Waals surface area (Å²) in [4.78, 5) is 22.3. The minimum absolute atomic E-state index is 0.0967. The third-order valence-corrected chi connectivity index (χ3v) is 2.19. The highest BCUT2D eigenvalue weighted by Gasteiger charge is 2.04. The molecule has 0 fully saturated rings. The second-order valence-corrected chi connectivity index (χ2v) is 3.24. The lowest BCUT2D eigenvalue weighted by atomic mass is 10.2. The molecule has 0 bridgehead atoms. The normalized spacial score (nSPS) is 10.8. The van der Waals surface area contributed by atoms with Crippen molar-refractivity contribution < 1.29 is 5.11 Å². The summed E-state index contributed by atoms with van der Waals surface area (Å²) in [7, 11) is 0. The minimum atomic E-state index is -0.193. The van der Waals surface area contributed by atoms with Gasteiger partial charge in [-0.25, -0.2) is 9.97 Å². The zero-order valence-corrected chi connectivity index (χ0v) is 8.32. The zero-order valence-electron chi connectivity index (χ0n) is 8.32. The monoisotopic (exact) mass is 205 g/mol. The lowest BCUT2D eigenvalue weighted by Crippen LogP contribution is -2.14. The Morgan fingerprint density at radius 3 is 3.00 bits per heavy atom. The molecular formula is C10H11N3O2. The van der Waals surface area contributed by atoms with Crippen LogP contribution in [0.25, 0.3) is 11.2 Å². The zero-order chi connectivity index (χ0) is 10.8. The molecule has 0 aromatic carbocycles. The SMILES string of the molecule is CCc1nc2ncc(CO)cc2[nH]c1=O. The van der Waals surface area contributed by atoms with Crippen molar-refractivity contribution in [1.29, 1.82) is 0 Å². The van der Waals surface area contributed by atoms with Gasteiger partial charge in [-0.15, -0.1) is 0 Å². The molecule has 0 aliphatic heterocycles. The van der Waals surface area contributed by atoms with E-state index in [9.17, 15) is 4.79 Å². The van der Waals surface area contributed by atoms with Crippen molar-refractivity contribution in [2.75, 3.05) is 0 Å². The molecule has 0 radical (unpaired) electrons. The van der Waals surface area contributed by atoms with Crippen molar-refractivity contribution in [3.63, 3.8) is 0 Å². The second kappa shape index (κ2) is 3.78. The summed E-state index contributed by atoms with van der Waals surface area (Å²) in [6.07, 6.45) is 2.13. The van der Waals surface area contributed by atoms with Crippen molar-refractivity contribution in [3.8, 4) is 0 Å². The van der Waals surface area contributed by atoms with Crippen molar-refractivity contribution in [3.05, 3.63) is 33.9 Å². The summed E-state index contributed by atoms with van der Waals surface area (Å²) in [5.41, 5.74) is 2.00. The maximum absolute atomic E-state index is 11.5. The molecule has 0 spiro atoms. The fourth-order valence-electron chi connectivity index (χ4n) is 1.38. The molecular weight excluding hydrogens is 194 g/mol. The molecule has 2 heterocycles. The minimum Gasteiger partial charge on any atom is -0.392 e. The molecule has 0 saturated carbocycles. The van der Waals surface area contributed by atoms with E-state index in [1.165, 1.54) is 0 Å². The number of nitrogens with one attached hydrogen (secondary N) is 1. The van der Waals surface area contributed by atoms with Gasteiger partial charge in [0.2, 0.25) is 0 Å². The molecule has 0 aliphatic carbocycles. The average molecular weight is 205 g/mol. The standard InChI is InChI=1S/C10H11N3O2/c1-2-7-10(15)13-8-3-6(5-14)4-11-9(8)12-7/h3-4,14H,2,5H2,1H3,(H,13,15). The third kappa shape index (κ3) is 1.73. The van der Waals surface area contributed by atoms with E-state index in [0.29, 0.717) is 28.8 Å². The molecule has 78 valence electrons. The van der Waals surface area contributed by atoms with Crippen LogP contribution in [0.3, 0.4) is 0 Å². The molecule has 2 rings (SSSR count). The Kier molecular flexibility index (Phi) is 2.47. The van der Waals surface area contributed by atoms with Crippen LogP contribution in [0.15, 0.2) is 17.1 Å². The van der Waals surface area contributed by atoms with Crippen molar-refractivity contribution in [2.24, 2.45) is 0 Å². The molecule has 2 aromatic rings. The van der Waals surface area contributed by atoms with E-state index in [-0.39, 0.29) is 12.2 Å². The van der Waals surface area contributed by atoms with Gasteiger partial charge < -0.3 is 10.1 Å². The highest BCUT2D eigenvalue weighted by molar-refractivity contribution is 5.69. The topological polar surface area (TPSA) is 78.9 Å². The van der Waals surface area contributed by atoms with E-state index < -0.39 is 0 Å². The van der Waals surface area contributed by atoms with Gasteiger partial charge in [-0.2, -0.15) is 0 Å². The number of aromatic nitrogens is 3. The van der Waals surface area contributed by atoms with Gasteiger partial charge >= 0.3 is 0 Å². The van der Waals surface area contributed by atoms with Crippen LogP contribution in [0, 0.1) is 0 Å². The van der Waals surface area contributed by atoms with Crippen LogP contribution in [-0.4, -0.2) is 20.1 Å². The summed E-state index contributed by atoms with van der Waals surface area (Å²) in [5.74, 6) is 0. The van der Waals surface area contributed by atoms with Gasteiger partial charge in [0.25, 0.3) is 5.56 Å². The lowest BCUT2D eigenvalue weighted by molar-refractivity contribution is 0.281. The van der Waals surface area contributed by atoms with E-state index in [0.717, 1.165) is 0 Å². The number of fused-ring (bicyclic) bond motifs is 1. The molecule has 5 nitrogen and oxygen atoms in total. The van der Waals surface area contributed by atoms with E-state index in [4.69, 9.17) is 5.11 Å². The van der Waals surface area contributed by atoms with Gasteiger partial charge in [-0.3, -0.25) is 4.79 Å². The molecule has 0 unspecified atom stereocenters. The van der Waals surface area contributed by atoms with Gasteiger partial charge in [0.15, 0.2) is 5.65 Å². The number of hydrogen-bond acceptors (Lipinski definition) is 4. The summed E-state index contributed by atoms with van der Waals surface area (Å²) >= 11 is 0. The van der Waals surface area contributed by atoms with E-state index in [1.807, 2.05) is 6.92 Å². The van der Waals surface area contributed by atoms with Crippen LogP contribution in [0.1, 0.15) is 18.2 Å². The highest BCUT2D eigenvalue weighted by Crippen LogP contribution is 2.07. The number of H-pyrrole nitrogens is 1. The Balaban J connectivity index is 2.70. The molecule has 0 amide bonds. The highest BCUT2D eigenvalue weighted by atomic mass is 16.3. The number of aromatic amines is 1. The van der Waals surface area contributed by atoms with E-state index in [2.05, 4.69) is 15.0 Å². The number of aliphatic hydroxyl groups excluding tert-OH is 1. The van der Waals surface area contributed by atoms with Crippen LogP contribution in [0.4, 0.5) is 0 Å². The average Bonchev–Trinajstić information content (AvgIpc) is 2.27. The Bertz CT molecular complexity index is 548. The van der Waals surface area contributed by atoms with Crippen LogP contribution in [0.2, 0.25) is 0 Å². The molecule has 0 saturated heterocycles. The number of hydrogen-bond donors (Lipinski definition) is 2. The quantitative estimate of drug-likeness (QED) is 0.742. The smallest absolute Gasteiger partial charge is 0.270 e. The Hall–Kier alpha value is -1.75. The van der Waals surface area contributed by atoms with E-state index >= 15 is 0 Å². The predicted molar refractivity (Wildman–Crippen MR) is 55.5 cm³/mol. The maximum atomic E-state index is 11.5. The Morgan fingerprint density at radius 2 is 2.33 bits per heavy atom. The first kappa shape index (κ1) is 9.79. The first-order valence-electron chi connectivity index (χ1n) is 4.73. The van der Waals surface area contributed by atoms with Crippen LogP contribution in [0.5, 0.6) is 0 Å². The summed E-state index contributed by atoms with van der Waals surface area (Å²) in [5, 5.41) is 8.91. The largest absolute Gasteiger partial charge is 0.392 e. The first-order chi connectivity index (χ1) is 7.24. The molecule has 2 aromatic heterocycles. The maximum Gasteiger partial charge on any atom is 0.270 e. The number of aliphatic hydroxyl groups is 1. The lowest BCUT2D eigenvalue weighted by Gasteiger charge is -2.01. The van der Waals surface area contributed by atoms with Crippen LogP contribution >= 0.6 is 0 Å². The predicted octanol–water partition coefficient (Wildman–Crippen LogP) is 0.373. The van der Waals surface area contributed by atoms with Gasteiger partial charge in [0, 0.05) is 6.20 Å². The van der Waals surface area contributed by atoms with Crippen molar-refractivity contribution >= 4 is 11.2 Å². The number of nitrogens with zero attached hydrogens (tertiary/aromatic N) is 2. The van der Waals surface area contributed by atoms with Gasteiger partial charge in [0.1, 0.15) is 5.69 Å². The van der Waals surface area contributed by atoms with Crippen LogP contribution < -0.4 is 5.56 Å². The fourth-order valence-corrected chi connectivity index (χ4v) is 1.38. The summed E-state index contributed by atoms with van der Waals surface area (Å²) in [6.45, 7) is 1.77. The van der Waals surface area contributed by atoms with Crippen molar-refractivity contribution in [2.45, 2.75) is 20.0 Å². The third-order valence-electron chi connectivity index (χ3n) is 2.19. The number of rotatable bonds is 2. The van der Waals surface area contributed by atoms with E-state index in [1.54, 1.807) is 12.3 Å². The van der Waals surface area contributed by atoms with Gasteiger partial charge in [0.05, 0.1) is 12.1 Å². The summed E-state index contributed by atoms with van der Waals surface area (Å²) < 4.78 is 0. The Labute approximate surface area is 85.8 Å². The molecule has 5 heteroatoms. The molecule has 15 heavy (non-hydrogen) atoms. The fraction of sp³-hybridized carbons (Fsp3) is 0.300. The number of aryl methyl sites for hydroxylation is 1. The second-order valence-electron chi connectivity index (χ2n) is 3.24. The molecule has 0 aliphatic rings. The molecule has 0 atom stereocenters. The molecule has 2 N–H and O–H groups in total. The first-order valence-corrected chi connectivity index (χ1v) is 4.73. The van der Waals surface area contributed by atoms with Crippen molar-refractivity contribution in [1.82, 2.24) is 15.0 Å². The Morgan fingerprint density at radius 1 is 1.53 bits per heavy atom.